The number of hydrogen-bond acceptors (Lipinski definition) is 5. The molecule has 5 heteroatoms. The van der Waals surface area contributed by atoms with E-state index in [-0.39, 0.29) is 0 Å². The molecule has 0 unspecified atom stereocenters. The van der Waals surface area contributed by atoms with E-state index in [1.165, 1.54) is 32.4 Å². The van der Waals surface area contributed by atoms with E-state index >= 15 is 0 Å². The largest absolute Gasteiger partial charge is 0.475 e. The summed E-state index contributed by atoms with van der Waals surface area (Å²) < 4.78 is 5.89. The van der Waals surface area contributed by atoms with Gasteiger partial charge in [0.25, 0.3) is 0 Å². The number of ether oxygens (including phenoxy) is 1. The van der Waals surface area contributed by atoms with Crippen molar-refractivity contribution in [1.82, 2.24) is 9.91 Å². The first-order valence-electron chi connectivity index (χ1n) is 8.57. The predicted molar refractivity (Wildman–Crippen MR) is 102 cm³/mol. The molecule has 1 aromatic heterocycles. The summed E-state index contributed by atoms with van der Waals surface area (Å²) in [5.41, 5.74) is 3.02. The number of piperidine rings is 1. The van der Waals surface area contributed by atoms with Crippen LogP contribution in [-0.2, 0) is 4.74 Å². The van der Waals surface area contributed by atoms with Crippen LogP contribution in [0.5, 0.6) is 0 Å². The van der Waals surface area contributed by atoms with Crippen molar-refractivity contribution >= 4 is 22.9 Å². The molecular weight excluding hydrogens is 318 g/mol. The van der Waals surface area contributed by atoms with E-state index in [0.717, 1.165) is 23.5 Å². The lowest BCUT2D eigenvalue weighted by atomic mass is 10.1. The maximum absolute atomic E-state index is 5.89. The second-order valence-corrected chi connectivity index (χ2v) is 6.79. The van der Waals surface area contributed by atoms with E-state index in [1.54, 1.807) is 11.3 Å². The molecule has 0 atom stereocenters. The van der Waals surface area contributed by atoms with E-state index in [2.05, 4.69) is 39.5 Å². The molecule has 0 spiro atoms. The van der Waals surface area contributed by atoms with Crippen LogP contribution >= 0.6 is 11.3 Å². The fraction of sp³-hybridized carbons (Fsp3) is 0.421. The summed E-state index contributed by atoms with van der Waals surface area (Å²) in [6, 6.07) is 2.10. The van der Waals surface area contributed by atoms with Crippen molar-refractivity contribution in [1.29, 1.82) is 0 Å². The van der Waals surface area contributed by atoms with Crippen molar-refractivity contribution in [2.75, 3.05) is 26.2 Å². The molecule has 0 aliphatic carbocycles. The van der Waals surface area contributed by atoms with Crippen LogP contribution in [0.3, 0.4) is 0 Å². The van der Waals surface area contributed by atoms with Gasteiger partial charge in [0.1, 0.15) is 6.61 Å². The van der Waals surface area contributed by atoms with Gasteiger partial charge in [-0.05, 0) is 50.4 Å². The number of nitrogens with zero attached hydrogens (tertiary/aromatic N) is 3. The van der Waals surface area contributed by atoms with E-state index in [0.29, 0.717) is 12.5 Å². The van der Waals surface area contributed by atoms with E-state index < -0.39 is 0 Å². The standard InChI is InChI=1S/C19H25N3OS/c1-3-18(17-9-14-24-15-17)22-16(2)7-8-19(20-22)23-13-12-21-10-5-4-6-11-21/h3,7-9,14-15H,2,4-6,10-13H2,1H3/b18-3-. The first-order chi connectivity index (χ1) is 11.8. The van der Waals surface area contributed by atoms with Crippen LogP contribution in [0, 0.1) is 0 Å². The van der Waals surface area contributed by atoms with Gasteiger partial charge in [-0.2, -0.15) is 11.3 Å². The van der Waals surface area contributed by atoms with Gasteiger partial charge in [0.15, 0.2) is 0 Å². The van der Waals surface area contributed by atoms with Crippen LogP contribution in [-0.4, -0.2) is 42.0 Å². The van der Waals surface area contributed by atoms with E-state index in [4.69, 9.17) is 4.74 Å². The molecule has 0 amide bonds. The molecule has 3 heterocycles. The molecule has 1 fully saturated rings. The zero-order chi connectivity index (χ0) is 16.8. The molecule has 0 saturated carbocycles. The van der Waals surface area contributed by atoms with E-state index in [9.17, 15) is 0 Å². The number of thiophene rings is 1. The Balaban J connectivity index is 1.61. The number of rotatable bonds is 5. The Bertz CT molecular complexity index is 640. The first kappa shape index (κ1) is 17.0. The molecule has 0 aromatic carbocycles. The number of hydrazone groups is 1. The normalized spacial score (nSPS) is 19.5. The summed E-state index contributed by atoms with van der Waals surface area (Å²) in [6.07, 6.45) is 9.88. The van der Waals surface area contributed by atoms with Gasteiger partial charge in [0.05, 0.1) is 11.4 Å². The summed E-state index contributed by atoms with van der Waals surface area (Å²) in [4.78, 5) is 2.47. The van der Waals surface area contributed by atoms with Crippen molar-refractivity contribution in [3.05, 3.63) is 52.9 Å². The highest BCUT2D eigenvalue weighted by Crippen LogP contribution is 2.27. The summed E-state index contributed by atoms with van der Waals surface area (Å²) in [5.74, 6) is 0.647. The van der Waals surface area contributed by atoms with Crippen molar-refractivity contribution in [2.45, 2.75) is 26.2 Å². The van der Waals surface area contributed by atoms with Gasteiger partial charge in [0.2, 0.25) is 5.90 Å². The molecule has 0 N–H and O–H groups in total. The number of likely N-dealkylation sites (tertiary alicyclic amines) is 1. The zero-order valence-corrected chi connectivity index (χ0v) is 15.1. The SMILES string of the molecule is C=C1C=CC(OCCN2CCCCC2)=NN1/C(=C\C)c1ccsc1. The minimum absolute atomic E-state index is 0.647. The van der Waals surface area contributed by atoms with Gasteiger partial charge in [0, 0.05) is 23.6 Å². The van der Waals surface area contributed by atoms with Crippen molar-refractivity contribution in [2.24, 2.45) is 5.10 Å². The number of hydrogen-bond donors (Lipinski definition) is 0. The molecule has 128 valence electrons. The molecular formula is C19H25N3OS. The predicted octanol–water partition coefficient (Wildman–Crippen LogP) is 4.31. The average molecular weight is 343 g/mol. The average Bonchev–Trinajstić information content (AvgIpc) is 3.13. The topological polar surface area (TPSA) is 28.1 Å². The van der Waals surface area contributed by atoms with E-state index in [1.807, 2.05) is 24.1 Å². The van der Waals surface area contributed by atoms with Crippen LogP contribution in [0.15, 0.2) is 52.4 Å². The fourth-order valence-corrected chi connectivity index (χ4v) is 3.65. The van der Waals surface area contributed by atoms with Crippen LogP contribution in [0.1, 0.15) is 31.7 Å². The molecule has 1 aromatic rings. The monoisotopic (exact) mass is 343 g/mol. The quantitative estimate of drug-likeness (QED) is 0.797. The second-order valence-electron chi connectivity index (χ2n) is 6.01. The smallest absolute Gasteiger partial charge is 0.231 e. The van der Waals surface area contributed by atoms with Gasteiger partial charge >= 0.3 is 0 Å². The fourth-order valence-electron chi connectivity index (χ4n) is 3.00. The Morgan fingerprint density at radius 2 is 2.17 bits per heavy atom. The second kappa shape index (κ2) is 8.31. The minimum Gasteiger partial charge on any atom is -0.475 e. The van der Waals surface area contributed by atoms with Gasteiger partial charge in [-0.15, -0.1) is 5.10 Å². The van der Waals surface area contributed by atoms with Gasteiger partial charge in [-0.25, -0.2) is 5.01 Å². The summed E-state index contributed by atoms with van der Waals surface area (Å²) in [5, 5.41) is 10.7. The van der Waals surface area contributed by atoms with Crippen molar-refractivity contribution in [3.63, 3.8) is 0 Å². The highest BCUT2D eigenvalue weighted by molar-refractivity contribution is 7.08. The van der Waals surface area contributed by atoms with Gasteiger partial charge in [-0.3, -0.25) is 4.90 Å². The third-order valence-electron chi connectivity index (χ3n) is 4.31. The first-order valence-corrected chi connectivity index (χ1v) is 9.52. The lowest BCUT2D eigenvalue weighted by Gasteiger charge is -2.27. The van der Waals surface area contributed by atoms with Crippen molar-refractivity contribution < 1.29 is 4.74 Å². The minimum atomic E-state index is 0.647. The van der Waals surface area contributed by atoms with Crippen LogP contribution in [0.2, 0.25) is 0 Å². The summed E-state index contributed by atoms with van der Waals surface area (Å²) >= 11 is 1.68. The maximum atomic E-state index is 5.89. The van der Waals surface area contributed by atoms with Gasteiger partial charge < -0.3 is 4.74 Å². The Labute approximate surface area is 148 Å². The summed E-state index contributed by atoms with van der Waals surface area (Å²) in [7, 11) is 0. The summed E-state index contributed by atoms with van der Waals surface area (Å²) in [6.45, 7) is 10.1. The molecule has 2 aliphatic heterocycles. The third-order valence-corrected chi connectivity index (χ3v) is 5.00. The molecule has 0 radical (unpaired) electrons. The third kappa shape index (κ3) is 4.16. The van der Waals surface area contributed by atoms with Crippen LogP contribution in [0.25, 0.3) is 5.70 Å². The Morgan fingerprint density at radius 1 is 1.33 bits per heavy atom. The van der Waals surface area contributed by atoms with Crippen LogP contribution < -0.4 is 0 Å². The van der Waals surface area contributed by atoms with Gasteiger partial charge in [-0.1, -0.05) is 19.1 Å². The van der Waals surface area contributed by atoms with Crippen molar-refractivity contribution in [3.8, 4) is 0 Å². The maximum Gasteiger partial charge on any atom is 0.231 e. The highest BCUT2D eigenvalue weighted by Gasteiger charge is 2.18. The molecule has 24 heavy (non-hydrogen) atoms. The Hall–Kier alpha value is -1.85. The Morgan fingerprint density at radius 3 is 2.88 bits per heavy atom. The molecule has 0 bridgehead atoms. The lowest BCUT2D eigenvalue weighted by Crippen LogP contribution is -2.33. The molecule has 2 aliphatic rings. The number of allylic oxidation sites excluding steroid dienone is 2. The molecule has 4 nitrogen and oxygen atoms in total. The molecule has 1 saturated heterocycles. The highest BCUT2D eigenvalue weighted by atomic mass is 32.1. The Kier molecular flexibility index (Phi) is 5.88. The van der Waals surface area contributed by atoms with Crippen LogP contribution in [0.4, 0.5) is 0 Å². The zero-order valence-electron chi connectivity index (χ0n) is 14.3. The molecule has 3 rings (SSSR count). The lowest BCUT2D eigenvalue weighted by molar-refractivity contribution is 0.177.